The summed E-state index contributed by atoms with van der Waals surface area (Å²) in [5, 5.41) is 5.12. The van der Waals surface area contributed by atoms with Crippen LogP contribution in [0.5, 0.6) is 0 Å². The molecule has 3 rings (SSSR count). The van der Waals surface area contributed by atoms with Crippen molar-refractivity contribution in [1.82, 2.24) is 0 Å². The second kappa shape index (κ2) is 5.79. The van der Waals surface area contributed by atoms with Crippen LogP contribution in [0.1, 0.15) is 32.8 Å². The monoisotopic (exact) mass is 370 g/mol. The third-order valence-corrected chi connectivity index (χ3v) is 6.86. The number of carbonyl (C=O) groups excluding carboxylic acids is 1. The van der Waals surface area contributed by atoms with Crippen LogP contribution in [0, 0.1) is 0 Å². The number of alkyl halides is 3. The molecule has 25 heavy (non-hydrogen) atoms. The van der Waals surface area contributed by atoms with Gasteiger partial charge < -0.3 is 0 Å². The molecule has 8 heteroatoms. The molecule has 4 nitrogen and oxygen atoms in total. The first-order valence-corrected chi connectivity index (χ1v) is 9.00. The van der Waals surface area contributed by atoms with Gasteiger partial charge in [-0.2, -0.15) is 23.3 Å². The van der Waals surface area contributed by atoms with Gasteiger partial charge in [-0.1, -0.05) is 17.2 Å². The van der Waals surface area contributed by atoms with Crippen molar-refractivity contribution in [3.8, 4) is 0 Å². The van der Waals surface area contributed by atoms with E-state index in [9.17, 15) is 22.2 Å². The zero-order chi connectivity index (χ0) is 18.6. The number of rotatable bonds is 1. The van der Waals surface area contributed by atoms with Gasteiger partial charge in [0.1, 0.15) is 0 Å². The SMILES string of the molecule is CC1=NN(c2cccc(C(F)(F)F)c2)C(=O)[C@]12CC(C)=C(C)C[S@@]2=O. The molecule has 1 amide bonds. The van der Waals surface area contributed by atoms with Crippen LogP contribution >= 0.6 is 0 Å². The molecular formula is C17H17F3N2O2S. The first-order valence-electron chi connectivity index (χ1n) is 7.68. The van der Waals surface area contributed by atoms with Crippen molar-refractivity contribution in [3.63, 3.8) is 0 Å². The molecule has 0 N–H and O–H groups in total. The second-order valence-electron chi connectivity index (χ2n) is 6.40. The number of hydrogen-bond acceptors (Lipinski definition) is 3. The van der Waals surface area contributed by atoms with Crippen LogP contribution in [0.3, 0.4) is 0 Å². The van der Waals surface area contributed by atoms with Crippen LogP contribution < -0.4 is 5.01 Å². The minimum atomic E-state index is -4.51. The molecule has 0 saturated heterocycles. The molecule has 2 aliphatic heterocycles. The van der Waals surface area contributed by atoms with E-state index in [0.29, 0.717) is 5.71 Å². The predicted molar refractivity (Wildman–Crippen MR) is 90.8 cm³/mol. The highest BCUT2D eigenvalue weighted by Gasteiger charge is 2.55. The van der Waals surface area contributed by atoms with Crippen LogP contribution in [0.15, 0.2) is 40.5 Å². The maximum absolute atomic E-state index is 13.0. The number of hydrogen-bond donors (Lipinski definition) is 0. The van der Waals surface area contributed by atoms with Crippen LogP contribution in [-0.2, 0) is 21.8 Å². The summed E-state index contributed by atoms with van der Waals surface area (Å²) in [4.78, 5) is 13.0. The lowest BCUT2D eigenvalue weighted by atomic mass is 9.92. The Balaban J connectivity index is 2.04. The fourth-order valence-corrected chi connectivity index (χ4v) is 5.02. The molecule has 1 aromatic carbocycles. The van der Waals surface area contributed by atoms with Gasteiger partial charge in [0, 0.05) is 16.6 Å². The lowest BCUT2D eigenvalue weighted by molar-refractivity contribution is -0.137. The average Bonchev–Trinajstić information content (AvgIpc) is 2.78. The van der Waals surface area contributed by atoms with E-state index in [4.69, 9.17) is 0 Å². The number of carbonyl (C=O) groups is 1. The number of halogens is 3. The average molecular weight is 370 g/mol. The van der Waals surface area contributed by atoms with Gasteiger partial charge in [-0.25, -0.2) is 0 Å². The summed E-state index contributed by atoms with van der Waals surface area (Å²) in [5.41, 5.74) is 1.48. The molecule has 0 unspecified atom stereocenters. The zero-order valence-corrected chi connectivity index (χ0v) is 14.8. The first kappa shape index (κ1) is 17.8. The Morgan fingerprint density at radius 3 is 2.52 bits per heavy atom. The molecule has 1 spiro atoms. The van der Waals surface area contributed by atoms with Crippen LogP contribution in [0.4, 0.5) is 18.9 Å². The number of benzene rings is 1. The lowest BCUT2D eigenvalue weighted by Gasteiger charge is -2.32. The quantitative estimate of drug-likeness (QED) is 0.709. The van der Waals surface area contributed by atoms with E-state index in [-0.39, 0.29) is 17.9 Å². The number of allylic oxidation sites excluding steroid dienone is 1. The van der Waals surface area contributed by atoms with Gasteiger partial charge in [-0.3, -0.25) is 9.00 Å². The van der Waals surface area contributed by atoms with E-state index in [0.717, 1.165) is 28.3 Å². The maximum atomic E-state index is 13.0. The number of nitrogens with zero attached hydrogens (tertiary/aromatic N) is 2. The van der Waals surface area contributed by atoms with Crippen molar-refractivity contribution in [2.24, 2.45) is 5.10 Å². The third-order valence-electron chi connectivity index (χ3n) is 4.77. The number of amides is 1. The van der Waals surface area contributed by atoms with Gasteiger partial charge in [-0.05, 0) is 45.4 Å². The molecule has 0 bridgehead atoms. The van der Waals surface area contributed by atoms with Crippen molar-refractivity contribution < 1.29 is 22.2 Å². The van der Waals surface area contributed by atoms with E-state index >= 15 is 0 Å². The topological polar surface area (TPSA) is 49.7 Å². The Labute approximate surface area is 145 Å². The van der Waals surface area contributed by atoms with Crippen LogP contribution in [0.25, 0.3) is 0 Å². The minimum absolute atomic E-state index is 0.0250. The highest BCUT2D eigenvalue weighted by atomic mass is 32.2. The number of anilines is 1. The summed E-state index contributed by atoms with van der Waals surface area (Å²) >= 11 is 0. The van der Waals surface area contributed by atoms with E-state index in [1.54, 1.807) is 6.92 Å². The molecule has 2 aliphatic rings. The summed E-state index contributed by atoms with van der Waals surface area (Å²) in [6.45, 7) is 5.36. The van der Waals surface area contributed by atoms with Crippen molar-refractivity contribution in [3.05, 3.63) is 41.0 Å². The van der Waals surface area contributed by atoms with Gasteiger partial charge in [0.25, 0.3) is 5.91 Å². The number of hydrazone groups is 1. The van der Waals surface area contributed by atoms with Crippen molar-refractivity contribution in [2.75, 3.05) is 10.8 Å². The Bertz CT molecular complexity index is 845. The largest absolute Gasteiger partial charge is 0.416 e. The first-order chi connectivity index (χ1) is 11.6. The summed E-state index contributed by atoms with van der Waals surface area (Å²) in [6, 6.07) is 4.44. The Kier molecular flexibility index (Phi) is 4.14. The normalized spacial score (nSPS) is 27.3. The van der Waals surface area contributed by atoms with Crippen molar-refractivity contribution >= 4 is 28.1 Å². The summed E-state index contributed by atoms with van der Waals surface area (Å²) in [7, 11) is -1.50. The molecular weight excluding hydrogens is 353 g/mol. The predicted octanol–water partition coefficient (Wildman–Crippen LogP) is 3.66. The highest BCUT2D eigenvalue weighted by Crippen LogP contribution is 2.40. The second-order valence-corrected chi connectivity index (χ2v) is 8.08. The fraction of sp³-hybridized carbons (Fsp3) is 0.412. The lowest BCUT2D eigenvalue weighted by Crippen LogP contribution is -2.52. The molecule has 0 aromatic heterocycles. The molecule has 2 heterocycles. The van der Waals surface area contributed by atoms with E-state index < -0.39 is 33.2 Å². The molecule has 1 aromatic rings. The zero-order valence-electron chi connectivity index (χ0n) is 14.0. The summed E-state index contributed by atoms with van der Waals surface area (Å²) in [5.74, 6) is -0.268. The smallest absolute Gasteiger partial charge is 0.270 e. The van der Waals surface area contributed by atoms with Gasteiger partial charge in [0.15, 0.2) is 4.75 Å². The standard InChI is InChI=1S/C17H17F3N2O2S/c1-10-8-16(25(24)9-11(10)2)12(3)21-22(15(16)23)14-6-4-5-13(7-14)17(18,19)20/h4-7H,8-9H2,1-3H3/t16-,25-/m0/s1. The third kappa shape index (κ3) is 2.72. The van der Waals surface area contributed by atoms with Gasteiger partial charge in [-0.15, -0.1) is 0 Å². The maximum Gasteiger partial charge on any atom is 0.416 e. The molecule has 134 valence electrons. The minimum Gasteiger partial charge on any atom is -0.270 e. The molecule has 2 atom stereocenters. The van der Waals surface area contributed by atoms with Gasteiger partial charge >= 0.3 is 6.18 Å². The Morgan fingerprint density at radius 1 is 1.20 bits per heavy atom. The van der Waals surface area contributed by atoms with E-state index in [1.165, 1.54) is 12.1 Å². The van der Waals surface area contributed by atoms with Gasteiger partial charge in [0.05, 0.1) is 17.0 Å². The molecule has 0 fully saturated rings. The molecule has 0 saturated carbocycles. The Morgan fingerprint density at radius 2 is 1.88 bits per heavy atom. The van der Waals surface area contributed by atoms with Crippen LogP contribution in [-0.4, -0.2) is 26.3 Å². The van der Waals surface area contributed by atoms with Crippen molar-refractivity contribution in [1.29, 1.82) is 0 Å². The fourth-order valence-electron chi connectivity index (χ4n) is 3.10. The van der Waals surface area contributed by atoms with E-state index in [2.05, 4.69) is 5.10 Å². The van der Waals surface area contributed by atoms with Crippen molar-refractivity contribution in [2.45, 2.75) is 38.1 Å². The molecule has 0 aliphatic carbocycles. The van der Waals surface area contributed by atoms with Gasteiger partial charge in [0.2, 0.25) is 0 Å². The van der Waals surface area contributed by atoms with Crippen LogP contribution in [0.2, 0.25) is 0 Å². The highest BCUT2D eigenvalue weighted by molar-refractivity contribution is 7.88. The summed E-state index contributed by atoms with van der Waals surface area (Å²) < 4.78 is 50.3. The van der Waals surface area contributed by atoms with E-state index in [1.807, 2.05) is 13.8 Å². The molecule has 0 radical (unpaired) electrons. The Hall–Kier alpha value is -1.96. The summed E-state index contributed by atoms with van der Waals surface area (Å²) in [6.07, 6.45) is -4.24.